The van der Waals surface area contributed by atoms with Gasteiger partial charge in [0.2, 0.25) is 0 Å². The maximum atomic E-state index is 12.4. The second-order valence-corrected chi connectivity index (χ2v) is 5.57. The second kappa shape index (κ2) is 8.32. The van der Waals surface area contributed by atoms with Gasteiger partial charge in [-0.3, -0.25) is 4.79 Å². The van der Waals surface area contributed by atoms with E-state index in [4.69, 9.17) is 5.73 Å². The first-order valence-electron chi connectivity index (χ1n) is 8.11. The first kappa shape index (κ1) is 17.7. The van der Waals surface area contributed by atoms with Crippen LogP contribution in [-0.2, 0) is 0 Å². The zero-order valence-corrected chi connectivity index (χ0v) is 14.3. The van der Waals surface area contributed by atoms with Gasteiger partial charge in [-0.1, -0.05) is 18.1 Å². The van der Waals surface area contributed by atoms with Crippen LogP contribution in [0, 0.1) is 11.8 Å². The van der Waals surface area contributed by atoms with Crippen LogP contribution in [0.5, 0.6) is 0 Å². The van der Waals surface area contributed by atoms with Crippen molar-refractivity contribution >= 4 is 23.3 Å². The van der Waals surface area contributed by atoms with Gasteiger partial charge in [0.15, 0.2) is 0 Å². The Morgan fingerprint density at radius 1 is 0.852 bits per heavy atom. The average molecular weight is 356 g/mol. The number of benzene rings is 2. The highest BCUT2D eigenvalue weighted by atomic mass is 16.2. The van der Waals surface area contributed by atoms with Crippen LogP contribution in [0.3, 0.4) is 0 Å². The van der Waals surface area contributed by atoms with Crippen LogP contribution in [0.4, 0.5) is 16.2 Å². The minimum atomic E-state index is -0.657. The number of anilines is 2. The van der Waals surface area contributed by atoms with Gasteiger partial charge in [-0.25, -0.2) is 9.78 Å². The maximum absolute atomic E-state index is 12.4. The maximum Gasteiger partial charge on any atom is 0.316 e. The summed E-state index contributed by atoms with van der Waals surface area (Å²) in [5.74, 6) is 5.73. The third-order valence-electron chi connectivity index (χ3n) is 3.53. The predicted molar refractivity (Wildman–Crippen MR) is 104 cm³/mol. The van der Waals surface area contributed by atoms with Crippen molar-refractivity contribution in [1.82, 2.24) is 4.98 Å². The molecule has 4 N–H and O–H groups in total. The van der Waals surface area contributed by atoms with Gasteiger partial charge >= 0.3 is 6.03 Å². The number of hydrogen-bond acceptors (Lipinski definition) is 3. The molecule has 0 fully saturated rings. The molecule has 0 aliphatic carbocycles. The lowest BCUT2D eigenvalue weighted by Gasteiger charge is -2.07. The smallest absolute Gasteiger partial charge is 0.316 e. The Balaban J connectivity index is 1.70. The topological polar surface area (TPSA) is 97.1 Å². The van der Waals surface area contributed by atoms with Crippen LogP contribution in [0.15, 0.2) is 72.9 Å². The number of carbonyl (C=O) groups is 2. The number of nitrogens with zero attached hydrogens (tertiary/aromatic N) is 1. The number of carbonyl (C=O) groups excluding carboxylic acids is 2. The predicted octanol–water partition coefficient (Wildman–Crippen LogP) is 3.22. The number of amides is 3. The van der Waals surface area contributed by atoms with Crippen LogP contribution >= 0.6 is 0 Å². The molecule has 6 nitrogen and oxygen atoms in total. The van der Waals surface area contributed by atoms with Gasteiger partial charge in [-0.15, -0.1) is 0 Å². The SMILES string of the molecule is NC(=O)Nc1ccc(C(=O)Nc2cccc(C#Cc3ccccn3)c2)cc1. The lowest BCUT2D eigenvalue weighted by Crippen LogP contribution is -2.19. The van der Waals surface area contributed by atoms with E-state index in [2.05, 4.69) is 27.5 Å². The van der Waals surface area contributed by atoms with Gasteiger partial charge in [0.05, 0.1) is 0 Å². The molecule has 0 aliphatic rings. The van der Waals surface area contributed by atoms with Gasteiger partial charge in [0.1, 0.15) is 5.69 Å². The molecular formula is C21H16N4O2. The van der Waals surface area contributed by atoms with Crippen LogP contribution in [0.25, 0.3) is 0 Å². The zero-order valence-electron chi connectivity index (χ0n) is 14.3. The molecule has 0 bridgehead atoms. The normalized spacial score (nSPS) is 9.63. The molecule has 132 valence electrons. The van der Waals surface area contributed by atoms with Crippen LogP contribution in [-0.4, -0.2) is 16.9 Å². The van der Waals surface area contributed by atoms with Crippen LogP contribution in [0.1, 0.15) is 21.6 Å². The van der Waals surface area contributed by atoms with Crippen molar-refractivity contribution in [2.75, 3.05) is 10.6 Å². The van der Waals surface area contributed by atoms with E-state index < -0.39 is 6.03 Å². The first-order valence-corrected chi connectivity index (χ1v) is 8.11. The number of aromatic nitrogens is 1. The van der Waals surface area contributed by atoms with Crippen molar-refractivity contribution in [2.45, 2.75) is 0 Å². The summed E-state index contributed by atoms with van der Waals surface area (Å²) >= 11 is 0. The summed E-state index contributed by atoms with van der Waals surface area (Å²) in [7, 11) is 0. The molecule has 3 aromatic rings. The lowest BCUT2D eigenvalue weighted by atomic mass is 10.1. The van der Waals surface area contributed by atoms with Crippen molar-refractivity contribution in [2.24, 2.45) is 5.73 Å². The summed E-state index contributed by atoms with van der Waals surface area (Å²) in [4.78, 5) is 27.3. The quantitative estimate of drug-likeness (QED) is 0.629. The minimum Gasteiger partial charge on any atom is -0.351 e. The van der Waals surface area contributed by atoms with E-state index in [0.717, 1.165) is 5.56 Å². The fourth-order valence-corrected chi connectivity index (χ4v) is 2.30. The van der Waals surface area contributed by atoms with E-state index in [-0.39, 0.29) is 5.91 Å². The fourth-order valence-electron chi connectivity index (χ4n) is 2.30. The van der Waals surface area contributed by atoms with Gasteiger partial charge in [-0.05, 0) is 60.5 Å². The van der Waals surface area contributed by atoms with Crippen molar-refractivity contribution in [3.63, 3.8) is 0 Å². The Labute approximate surface area is 156 Å². The summed E-state index contributed by atoms with van der Waals surface area (Å²) in [6.07, 6.45) is 1.69. The van der Waals surface area contributed by atoms with E-state index in [9.17, 15) is 9.59 Å². The third-order valence-corrected chi connectivity index (χ3v) is 3.53. The van der Waals surface area contributed by atoms with E-state index in [1.807, 2.05) is 30.3 Å². The zero-order chi connectivity index (χ0) is 19.1. The lowest BCUT2D eigenvalue weighted by molar-refractivity contribution is 0.102. The van der Waals surface area contributed by atoms with Crippen molar-refractivity contribution in [1.29, 1.82) is 0 Å². The van der Waals surface area contributed by atoms with Crippen molar-refractivity contribution in [3.05, 3.63) is 89.7 Å². The first-order chi connectivity index (χ1) is 13.1. The Morgan fingerprint density at radius 3 is 2.37 bits per heavy atom. The Morgan fingerprint density at radius 2 is 1.67 bits per heavy atom. The fraction of sp³-hybridized carbons (Fsp3) is 0. The number of hydrogen-bond donors (Lipinski definition) is 3. The highest BCUT2D eigenvalue weighted by Crippen LogP contribution is 2.14. The number of nitrogens with one attached hydrogen (secondary N) is 2. The Bertz CT molecular complexity index is 1020. The summed E-state index contributed by atoms with van der Waals surface area (Å²) in [6, 6.07) is 18.5. The molecule has 0 atom stereocenters. The summed E-state index contributed by atoms with van der Waals surface area (Å²) in [5.41, 5.74) is 8.10. The Kier molecular flexibility index (Phi) is 5.45. The summed E-state index contributed by atoms with van der Waals surface area (Å²) in [6.45, 7) is 0. The standard InChI is InChI=1S/C21H16N4O2/c22-21(27)25-18-11-8-16(9-12-18)20(26)24-19-6-3-4-15(14-19)7-10-17-5-1-2-13-23-17/h1-6,8-9,11-14H,(H,24,26)(H3,22,25,27). The molecule has 0 saturated carbocycles. The molecule has 3 rings (SSSR count). The second-order valence-electron chi connectivity index (χ2n) is 5.57. The molecule has 1 heterocycles. The molecule has 3 amide bonds. The Hall–Kier alpha value is -4.11. The summed E-state index contributed by atoms with van der Waals surface area (Å²) < 4.78 is 0. The largest absolute Gasteiger partial charge is 0.351 e. The number of urea groups is 1. The van der Waals surface area contributed by atoms with E-state index in [1.165, 1.54) is 0 Å². The molecular weight excluding hydrogens is 340 g/mol. The van der Waals surface area contributed by atoms with Crippen molar-refractivity contribution < 1.29 is 9.59 Å². The average Bonchev–Trinajstić information content (AvgIpc) is 2.67. The van der Waals surface area contributed by atoms with Gasteiger partial charge in [0, 0.05) is 28.7 Å². The van der Waals surface area contributed by atoms with E-state index in [1.54, 1.807) is 42.6 Å². The van der Waals surface area contributed by atoms with Crippen LogP contribution in [0.2, 0.25) is 0 Å². The van der Waals surface area contributed by atoms with Crippen LogP contribution < -0.4 is 16.4 Å². The number of pyridine rings is 1. The van der Waals surface area contributed by atoms with Gasteiger partial charge in [-0.2, -0.15) is 0 Å². The molecule has 1 aromatic heterocycles. The highest BCUT2D eigenvalue weighted by molar-refractivity contribution is 6.04. The highest BCUT2D eigenvalue weighted by Gasteiger charge is 2.06. The molecule has 6 heteroatoms. The molecule has 0 saturated heterocycles. The molecule has 0 unspecified atom stereocenters. The van der Waals surface area contributed by atoms with E-state index in [0.29, 0.717) is 22.6 Å². The number of rotatable bonds is 3. The third kappa shape index (κ3) is 5.18. The number of primary amides is 1. The summed E-state index contributed by atoms with van der Waals surface area (Å²) in [5, 5.41) is 5.27. The monoisotopic (exact) mass is 356 g/mol. The van der Waals surface area contributed by atoms with Gasteiger partial charge in [0.25, 0.3) is 5.91 Å². The van der Waals surface area contributed by atoms with E-state index >= 15 is 0 Å². The minimum absolute atomic E-state index is 0.268. The van der Waals surface area contributed by atoms with Gasteiger partial charge < -0.3 is 16.4 Å². The molecule has 2 aromatic carbocycles. The molecule has 0 radical (unpaired) electrons. The van der Waals surface area contributed by atoms with Crippen molar-refractivity contribution in [3.8, 4) is 11.8 Å². The molecule has 27 heavy (non-hydrogen) atoms. The molecule has 0 aliphatic heterocycles. The number of nitrogens with two attached hydrogens (primary N) is 1. The molecule has 0 spiro atoms.